The van der Waals surface area contributed by atoms with Crippen molar-refractivity contribution in [2.45, 2.75) is 37.3 Å². The zero-order valence-electron chi connectivity index (χ0n) is 9.03. The van der Waals surface area contributed by atoms with Gasteiger partial charge in [-0.1, -0.05) is 12.8 Å². The fraction of sp³-hybridized carbons (Fsp3) is 0.636. The Morgan fingerprint density at radius 2 is 2.27 bits per heavy atom. The van der Waals surface area contributed by atoms with Crippen molar-refractivity contribution >= 4 is 11.3 Å². The van der Waals surface area contributed by atoms with E-state index in [9.17, 15) is 0 Å². The van der Waals surface area contributed by atoms with E-state index in [2.05, 4.69) is 22.3 Å². The molecule has 3 N–H and O–H groups in total. The molecule has 1 aliphatic carbocycles. The molecule has 1 aromatic rings. The maximum atomic E-state index is 5.74. The molecule has 0 aromatic carbocycles. The average Bonchev–Trinajstić information content (AvgIpc) is 2.90. The van der Waals surface area contributed by atoms with Crippen molar-refractivity contribution in [3.05, 3.63) is 22.4 Å². The van der Waals surface area contributed by atoms with Crippen LogP contribution in [0.25, 0.3) is 0 Å². The summed E-state index contributed by atoms with van der Waals surface area (Å²) in [6, 6.07) is 2.24. The monoisotopic (exact) mass is 226 g/mol. The maximum Gasteiger partial charge on any atom is 0.0885 e. The van der Waals surface area contributed by atoms with Crippen LogP contribution in [0.1, 0.15) is 37.3 Å². The van der Waals surface area contributed by atoms with E-state index >= 15 is 0 Å². The predicted molar refractivity (Wildman–Crippen MR) is 62.6 cm³/mol. The van der Waals surface area contributed by atoms with Gasteiger partial charge in [0.2, 0.25) is 0 Å². The van der Waals surface area contributed by atoms with Crippen molar-refractivity contribution in [1.82, 2.24) is 5.43 Å². The molecule has 1 aromatic heterocycles. The van der Waals surface area contributed by atoms with Crippen molar-refractivity contribution in [3.63, 3.8) is 0 Å². The van der Waals surface area contributed by atoms with Crippen molar-refractivity contribution in [2.24, 2.45) is 5.84 Å². The Kier molecular flexibility index (Phi) is 3.41. The first-order chi connectivity index (χ1) is 7.32. The molecule has 4 heteroatoms. The maximum absolute atomic E-state index is 5.74. The van der Waals surface area contributed by atoms with Crippen LogP contribution in [0.2, 0.25) is 0 Å². The van der Waals surface area contributed by atoms with Crippen molar-refractivity contribution in [3.8, 4) is 0 Å². The van der Waals surface area contributed by atoms with E-state index in [1.54, 1.807) is 18.4 Å². The highest BCUT2D eigenvalue weighted by atomic mass is 32.1. The number of methoxy groups -OCH3 is 1. The smallest absolute Gasteiger partial charge is 0.0885 e. The standard InChI is InChI=1S/C11H18N2OS/c1-14-11(5-2-3-6-11)10(13-12)9-4-7-15-8-9/h4,7-8,10,13H,2-3,5-6,12H2,1H3. The van der Waals surface area contributed by atoms with Gasteiger partial charge in [-0.2, -0.15) is 11.3 Å². The zero-order valence-corrected chi connectivity index (χ0v) is 9.85. The topological polar surface area (TPSA) is 47.3 Å². The molecule has 0 radical (unpaired) electrons. The molecule has 0 bridgehead atoms. The second kappa shape index (κ2) is 4.61. The Balaban J connectivity index is 2.24. The third-order valence-corrected chi connectivity index (χ3v) is 4.13. The van der Waals surface area contributed by atoms with Gasteiger partial charge in [-0.05, 0) is 35.2 Å². The fourth-order valence-corrected chi connectivity index (χ4v) is 3.26. The van der Waals surface area contributed by atoms with E-state index in [0.29, 0.717) is 0 Å². The van der Waals surface area contributed by atoms with Crippen LogP contribution in [0.4, 0.5) is 0 Å². The lowest BCUT2D eigenvalue weighted by atomic mass is 9.88. The molecule has 1 unspecified atom stereocenters. The number of nitrogens with one attached hydrogen (secondary N) is 1. The summed E-state index contributed by atoms with van der Waals surface area (Å²) >= 11 is 1.70. The third-order valence-electron chi connectivity index (χ3n) is 3.43. The molecule has 84 valence electrons. The van der Waals surface area contributed by atoms with Crippen LogP contribution in [0, 0.1) is 0 Å². The Bertz CT molecular complexity index is 294. The molecule has 1 atom stereocenters. The molecule has 2 rings (SSSR count). The lowest BCUT2D eigenvalue weighted by Gasteiger charge is -2.35. The average molecular weight is 226 g/mol. The number of nitrogens with two attached hydrogens (primary N) is 1. The minimum atomic E-state index is -0.101. The molecule has 1 aliphatic rings. The Morgan fingerprint density at radius 3 is 2.73 bits per heavy atom. The van der Waals surface area contributed by atoms with Gasteiger partial charge in [0.25, 0.3) is 0 Å². The van der Waals surface area contributed by atoms with Crippen molar-refractivity contribution < 1.29 is 4.74 Å². The molecular formula is C11H18N2OS. The van der Waals surface area contributed by atoms with Gasteiger partial charge in [0.15, 0.2) is 0 Å². The molecule has 15 heavy (non-hydrogen) atoms. The highest BCUT2D eigenvalue weighted by Crippen LogP contribution is 2.42. The van der Waals surface area contributed by atoms with E-state index in [4.69, 9.17) is 10.6 Å². The third kappa shape index (κ3) is 1.95. The summed E-state index contributed by atoms with van der Waals surface area (Å²) in [5, 5.41) is 4.22. The Labute approximate surface area is 94.6 Å². The summed E-state index contributed by atoms with van der Waals surface area (Å²) in [4.78, 5) is 0. The summed E-state index contributed by atoms with van der Waals surface area (Å²) in [7, 11) is 1.79. The number of thiophene rings is 1. The highest BCUT2D eigenvalue weighted by Gasteiger charge is 2.42. The van der Waals surface area contributed by atoms with E-state index in [-0.39, 0.29) is 11.6 Å². The summed E-state index contributed by atoms with van der Waals surface area (Å²) in [5.74, 6) is 5.68. The van der Waals surface area contributed by atoms with Crippen molar-refractivity contribution in [2.75, 3.05) is 7.11 Å². The van der Waals surface area contributed by atoms with Crippen LogP contribution in [0.3, 0.4) is 0 Å². The van der Waals surface area contributed by atoms with E-state index in [0.717, 1.165) is 12.8 Å². The lowest BCUT2D eigenvalue weighted by Crippen LogP contribution is -2.46. The molecule has 0 saturated heterocycles. The minimum absolute atomic E-state index is 0.101. The van der Waals surface area contributed by atoms with Gasteiger partial charge in [-0.3, -0.25) is 11.3 Å². The van der Waals surface area contributed by atoms with Crippen molar-refractivity contribution in [1.29, 1.82) is 0 Å². The van der Waals surface area contributed by atoms with Gasteiger partial charge in [-0.25, -0.2) is 0 Å². The number of hydrazine groups is 1. The quantitative estimate of drug-likeness (QED) is 0.611. The fourth-order valence-electron chi connectivity index (χ4n) is 2.58. The normalized spacial score (nSPS) is 21.7. The van der Waals surface area contributed by atoms with E-state index < -0.39 is 0 Å². The van der Waals surface area contributed by atoms with Gasteiger partial charge < -0.3 is 4.74 Å². The number of rotatable bonds is 4. The number of hydrogen-bond donors (Lipinski definition) is 2. The minimum Gasteiger partial charge on any atom is -0.376 e. The first kappa shape index (κ1) is 11.1. The molecule has 1 fully saturated rings. The van der Waals surface area contributed by atoms with Gasteiger partial charge in [-0.15, -0.1) is 0 Å². The van der Waals surface area contributed by atoms with Gasteiger partial charge in [0.1, 0.15) is 0 Å². The predicted octanol–water partition coefficient (Wildman–Crippen LogP) is 2.21. The molecule has 1 heterocycles. The Morgan fingerprint density at radius 1 is 1.53 bits per heavy atom. The first-order valence-corrected chi connectivity index (χ1v) is 6.30. The summed E-state index contributed by atoms with van der Waals surface area (Å²) < 4.78 is 5.74. The van der Waals surface area contributed by atoms with Crippen LogP contribution in [0.15, 0.2) is 16.8 Å². The highest BCUT2D eigenvalue weighted by molar-refractivity contribution is 7.07. The van der Waals surface area contributed by atoms with Crippen LogP contribution in [-0.2, 0) is 4.74 Å². The van der Waals surface area contributed by atoms with Gasteiger partial charge in [0, 0.05) is 7.11 Å². The van der Waals surface area contributed by atoms with Crippen LogP contribution < -0.4 is 11.3 Å². The summed E-state index contributed by atoms with van der Waals surface area (Å²) in [6.45, 7) is 0. The van der Waals surface area contributed by atoms with E-state index in [1.807, 2.05) is 0 Å². The van der Waals surface area contributed by atoms with Gasteiger partial charge in [0.05, 0.1) is 11.6 Å². The molecule has 0 spiro atoms. The molecule has 1 saturated carbocycles. The van der Waals surface area contributed by atoms with Crippen LogP contribution in [-0.4, -0.2) is 12.7 Å². The number of ether oxygens (including phenoxy) is 1. The second-order valence-electron chi connectivity index (χ2n) is 4.13. The molecule has 0 aliphatic heterocycles. The molecule has 0 amide bonds. The SMILES string of the molecule is COC1(C(NN)c2ccsc2)CCCC1. The summed E-state index contributed by atoms with van der Waals surface area (Å²) in [6.07, 6.45) is 4.65. The van der Waals surface area contributed by atoms with Crippen LogP contribution >= 0.6 is 11.3 Å². The van der Waals surface area contributed by atoms with E-state index in [1.165, 1.54) is 18.4 Å². The lowest BCUT2D eigenvalue weighted by molar-refractivity contribution is -0.0367. The molecule has 3 nitrogen and oxygen atoms in total. The Hall–Kier alpha value is -0.420. The zero-order chi connectivity index (χ0) is 10.7. The molecular weight excluding hydrogens is 208 g/mol. The van der Waals surface area contributed by atoms with Gasteiger partial charge >= 0.3 is 0 Å². The summed E-state index contributed by atoms with van der Waals surface area (Å²) in [5.41, 5.74) is 4.06. The first-order valence-electron chi connectivity index (χ1n) is 5.36. The largest absolute Gasteiger partial charge is 0.376 e. The number of hydrogen-bond acceptors (Lipinski definition) is 4. The van der Waals surface area contributed by atoms with Crippen LogP contribution in [0.5, 0.6) is 0 Å². The second-order valence-corrected chi connectivity index (χ2v) is 4.91.